The van der Waals surface area contributed by atoms with Crippen LogP contribution in [-0.2, 0) is 11.3 Å². The summed E-state index contributed by atoms with van der Waals surface area (Å²) in [7, 11) is 1.69. The van der Waals surface area contributed by atoms with Crippen molar-refractivity contribution in [2.45, 2.75) is 39.8 Å². The van der Waals surface area contributed by atoms with Gasteiger partial charge in [-0.1, -0.05) is 29.8 Å². The lowest BCUT2D eigenvalue weighted by molar-refractivity contribution is -0.121. The summed E-state index contributed by atoms with van der Waals surface area (Å²) >= 11 is 0. The monoisotopic (exact) mass is 290 g/mol. The van der Waals surface area contributed by atoms with Crippen LogP contribution in [0.25, 0.3) is 0 Å². The van der Waals surface area contributed by atoms with Crippen molar-refractivity contribution < 1.29 is 4.79 Å². The van der Waals surface area contributed by atoms with Gasteiger partial charge >= 0.3 is 0 Å². The molecule has 0 aliphatic heterocycles. The second-order valence-electron chi connectivity index (χ2n) is 6.07. The van der Waals surface area contributed by atoms with Crippen LogP contribution in [-0.4, -0.2) is 31.0 Å². The zero-order valence-corrected chi connectivity index (χ0v) is 13.6. The predicted octanol–water partition coefficient (Wildman–Crippen LogP) is 1.57. The number of carbonyl (C=O) groups is 1. The highest BCUT2D eigenvalue weighted by Crippen LogP contribution is 2.03. The minimum atomic E-state index is -0.225. The molecule has 1 amide bonds. The van der Waals surface area contributed by atoms with Crippen molar-refractivity contribution in [3.8, 4) is 0 Å². The largest absolute Gasteiger partial charge is 0.352 e. The topological polar surface area (TPSA) is 65.5 Å². The third kappa shape index (κ3) is 7.34. The molecule has 0 aromatic heterocycles. The van der Waals surface area contributed by atoms with Crippen LogP contribution in [0.2, 0.25) is 0 Å². The molecule has 0 bridgehead atoms. The lowest BCUT2D eigenvalue weighted by Gasteiger charge is -2.21. The zero-order valence-electron chi connectivity index (χ0n) is 13.6. The summed E-state index contributed by atoms with van der Waals surface area (Å²) in [5, 5.41) is 9.09. The molecule has 116 valence electrons. The molecule has 0 radical (unpaired) electrons. The molecule has 0 aliphatic rings. The van der Waals surface area contributed by atoms with Gasteiger partial charge in [0.15, 0.2) is 5.96 Å². The van der Waals surface area contributed by atoms with Crippen LogP contribution < -0.4 is 16.0 Å². The molecule has 5 heteroatoms. The Morgan fingerprint density at radius 3 is 2.52 bits per heavy atom. The highest BCUT2D eigenvalue weighted by atomic mass is 16.2. The maximum absolute atomic E-state index is 11.7. The highest BCUT2D eigenvalue weighted by Gasteiger charge is 2.13. The molecule has 1 rings (SSSR count). The Morgan fingerprint density at radius 1 is 1.24 bits per heavy atom. The number of rotatable bonds is 4. The van der Waals surface area contributed by atoms with Gasteiger partial charge in [0, 0.05) is 19.1 Å². The van der Waals surface area contributed by atoms with Gasteiger partial charge in [-0.05, 0) is 33.3 Å². The second kappa shape index (κ2) is 7.67. The molecular weight excluding hydrogens is 264 g/mol. The molecule has 1 aromatic rings. The molecule has 1 aromatic carbocycles. The first-order valence-corrected chi connectivity index (χ1v) is 7.11. The van der Waals surface area contributed by atoms with Crippen molar-refractivity contribution in [2.75, 3.05) is 13.6 Å². The minimum Gasteiger partial charge on any atom is -0.352 e. The Balaban J connectivity index is 2.41. The smallest absolute Gasteiger partial charge is 0.239 e. The zero-order chi connectivity index (χ0) is 15.9. The van der Waals surface area contributed by atoms with Gasteiger partial charge in [0.25, 0.3) is 0 Å². The summed E-state index contributed by atoms with van der Waals surface area (Å²) in [6, 6.07) is 8.26. The number of hydrogen-bond donors (Lipinski definition) is 3. The summed E-state index contributed by atoms with van der Waals surface area (Å²) in [5.41, 5.74) is 2.18. The molecule has 0 saturated heterocycles. The molecule has 0 spiro atoms. The lowest BCUT2D eigenvalue weighted by atomic mass is 10.1. The van der Waals surface area contributed by atoms with Gasteiger partial charge in [-0.3, -0.25) is 9.79 Å². The number of aryl methyl sites for hydroxylation is 1. The quantitative estimate of drug-likeness (QED) is 0.582. The van der Waals surface area contributed by atoms with E-state index in [2.05, 4.69) is 46.1 Å². The number of guanidine groups is 1. The van der Waals surface area contributed by atoms with E-state index in [1.165, 1.54) is 11.1 Å². The third-order valence-corrected chi connectivity index (χ3v) is 2.70. The van der Waals surface area contributed by atoms with Crippen LogP contribution in [0.4, 0.5) is 0 Å². The van der Waals surface area contributed by atoms with Crippen molar-refractivity contribution >= 4 is 11.9 Å². The Labute approximate surface area is 127 Å². The van der Waals surface area contributed by atoms with Crippen LogP contribution >= 0.6 is 0 Å². The van der Waals surface area contributed by atoms with E-state index in [9.17, 15) is 4.79 Å². The van der Waals surface area contributed by atoms with Crippen molar-refractivity contribution in [3.05, 3.63) is 35.4 Å². The molecule has 5 nitrogen and oxygen atoms in total. The van der Waals surface area contributed by atoms with E-state index in [0.29, 0.717) is 12.5 Å². The van der Waals surface area contributed by atoms with E-state index in [4.69, 9.17) is 0 Å². The summed E-state index contributed by atoms with van der Waals surface area (Å²) in [4.78, 5) is 15.8. The molecule has 0 unspecified atom stereocenters. The van der Waals surface area contributed by atoms with E-state index in [1.54, 1.807) is 7.05 Å². The predicted molar refractivity (Wildman–Crippen MR) is 87.3 cm³/mol. The average molecular weight is 290 g/mol. The fourth-order valence-electron chi connectivity index (χ4n) is 1.85. The molecule has 0 saturated carbocycles. The Hall–Kier alpha value is -2.04. The van der Waals surface area contributed by atoms with Gasteiger partial charge in [-0.25, -0.2) is 0 Å². The molecule has 0 atom stereocenters. The normalized spacial score (nSPS) is 12.0. The van der Waals surface area contributed by atoms with Gasteiger partial charge in [0.1, 0.15) is 0 Å². The number of hydrogen-bond acceptors (Lipinski definition) is 2. The van der Waals surface area contributed by atoms with Gasteiger partial charge in [-0.2, -0.15) is 0 Å². The lowest BCUT2D eigenvalue weighted by Crippen LogP contribution is -2.48. The SMILES string of the molecule is CN=C(NCC(=O)NC(C)(C)C)NCc1cccc(C)c1. The number of amides is 1. The first-order valence-electron chi connectivity index (χ1n) is 7.11. The summed E-state index contributed by atoms with van der Waals surface area (Å²) < 4.78 is 0. The van der Waals surface area contributed by atoms with Crippen molar-refractivity contribution in [1.82, 2.24) is 16.0 Å². The molecular formula is C16H26N4O. The van der Waals surface area contributed by atoms with Crippen molar-refractivity contribution in [2.24, 2.45) is 4.99 Å². The number of carbonyl (C=O) groups excluding carboxylic acids is 1. The fourth-order valence-corrected chi connectivity index (χ4v) is 1.85. The average Bonchev–Trinajstić information content (AvgIpc) is 2.37. The summed E-state index contributed by atoms with van der Waals surface area (Å²) in [5.74, 6) is 0.557. The minimum absolute atomic E-state index is 0.0546. The summed E-state index contributed by atoms with van der Waals surface area (Å²) in [6.07, 6.45) is 0. The maximum atomic E-state index is 11.7. The summed E-state index contributed by atoms with van der Waals surface area (Å²) in [6.45, 7) is 8.79. The van der Waals surface area contributed by atoms with Crippen LogP contribution in [0.5, 0.6) is 0 Å². The van der Waals surface area contributed by atoms with E-state index in [-0.39, 0.29) is 18.0 Å². The maximum Gasteiger partial charge on any atom is 0.239 e. The van der Waals surface area contributed by atoms with E-state index >= 15 is 0 Å². The Morgan fingerprint density at radius 2 is 1.95 bits per heavy atom. The van der Waals surface area contributed by atoms with Gasteiger partial charge in [0.2, 0.25) is 5.91 Å². The van der Waals surface area contributed by atoms with Gasteiger partial charge in [0.05, 0.1) is 6.54 Å². The van der Waals surface area contributed by atoms with Crippen LogP contribution in [0.3, 0.4) is 0 Å². The molecule has 0 heterocycles. The standard InChI is InChI=1S/C16H26N4O/c1-12-7-6-8-13(9-12)10-18-15(17-5)19-11-14(21)20-16(2,3)4/h6-9H,10-11H2,1-5H3,(H,20,21)(H2,17,18,19). The number of nitrogens with zero attached hydrogens (tertiary/aromatic N) is 1. The molecule has 0 aliphatic carbocycles. The Bertz CT molecular complexity index is 503. The molecule has 3 N–H and O–H groups in total. The fraction of sp³-hybridized carbons (Fsp3) is 0.500. The molecule has 21 heavy (non-hydrogen) atoms. The molecule has 0 fully saturated rings. The first kappa shape index (κ1) is 17.0. The number of aliphatic imine (C=N–C) groups is 1. The van der Waals surface area contributed by atoms with Crippen LogP contribution in [0, 0.1) is 6.92 Å². The Kier molecular flexibility index (Phi) is 6.21. The second-order valence-corrected chi connectivity index (χ2v) is 6.07. The van der Waals surface area contributed by atoms with E-state index in [1.807, 2.05) is 26.8 Å². The number of nitrogens with one attached hydrogen (secondary N) is 3. The first-order chi connectivity index (χ1) is 9.80. The van der Waals surface area contributed by atoms with Crippen LogP contribution in [0.15, 0.2) is 29.3 Å². The van der Waals surface area contributed by atoms with Gasteiger partial charge in [-0.15, -0.1) is 0 Å². The third-order valence-electron chi connectivity index (χ3n) is 2.70. The van der Waals surface area contributed by atoms with E-state index < -0.39 is 0 Å². The van der Waals surface area contributed by atoms with Crippen molar-refractivity contribution in [3.63, 3.8) is 0 Å². The highest BCUT2D eigenvalue weighted by molar-refractivity contribution is 5.86. The van der Waals surface area contributed by atoms with Crippen molar-refractivity contribution in [1.29, 1.82) is 0 Å². The van der Waals surface area contributed by atoms with Gasteiger partial charge < -0.3 is 16.0 Å². The number of benzene rings is 1. The van der Waals surface area contributed by atoms with E-state index in [0.717, 1.165) is 0 Å². The van der Waals surface area contributed by atoms with Crippen LogP contribution in [0.1, 0.15) is 31.9 Å².